The molecule has 39 heavy (non-hydrogen) atoms. The molecule has 1 saturated heterocycles. The number of hydrogen-bond acceptors (Lipinski definition) is 12. The highest BCUT2D eigenvalue weighted by atomic mass is 31.2. The van der Waals surface area contributed by atoms with Gasteiger partial charge in [0, 0.05) is 0 Å². The van der Waals surface area contributed by atoms with Gasteiger partial charge in [-0.15, -0.1) is 0 Å². The Kier molecular flexibility index (Phi) is 8.07. The molecule has 0 radical (unpaired) electrons. The van der Waals surface area contributed by atoms with Crippen molar-refractivity contribution in [1.29, 1.82) is 0 Å². The molecule has 3 aromatic rings. The first-order valence-corrected chi connectivity index (χ1v) is 13.3. The van der Waals surface area contributed by atoms with Crippen molar-refractivity contribution < 1.29 is 42.5 Å². The summed E-state index contributed by atoms with van der Waals surface area (Å²) in [4.78, 5) is 34.4. The number of fused-ring (bicyclic) bond motifs is 1. The summed E-state index contributed by atoms with van der Waals surface area (Å²) < 4.78 is 51.7. The standard InChI is InChI=1S/C22H28FN6O9P/c1-11(2)36-20(33)12(3)28-39(34,38-13-7-5-4-6-8-13)35-9-22(23)16(31)15(30)19(37-22)29-10-25-14-17(29)26-21(24)27-18(14)32/h4-8,10-12,15-16,19,30-31H,9H2,1-3H3,(H,28,34)(H3,24,26,27,32)/t12-,15+,16-,19+,22+,39?/m0/s1. The number of esters is 1. The molecule has 1 aliphatic rings. The fraction of sp³-hybridized carbons (Fsp3) is 0.455. The third-order valence-corrected chi connectivity index (χ3v) is 7.18. The highest BCUT2D eigenvalue weighted by Gasteiger charge is 2.57. The maximum Gasteiger partial charge on any atom is 0.459 e. The van der Waals surface area contributed by atoms with Gasteiger partial charge in [0.25, 0.3) is 11.4 Å². The number of alkyl halides is 1. The topological polar surface area (TPSA) is 213 Å². The number of aromatic amines is 1. The van der Waals surface area contributed by atoms with Gasteiger partial charge < -0.3 is 29.9 Å². The van der Waals surface area contributed by atoms with E-state index < -0.39 is 62.3 Å². The number of aliphatic hydroxyl groups is 2. The van der Waals surface area contributed by atoms with E-state index >= 15 is 4.39 Å². The van der Waals surface area contributed by atoms with Crippen LogP contribution in [0.1, 0.15) is 27.0 Å². The number of imidazole rings is 1. The van der Waals surface area contributed by atoms with E-state index in [4.69, 9.17) is 24.3 Å². The predicted octanol–water partition coefficient (Wildman–Crippen LogP) is 0.752. The second kappa shape index (κ2) is 11.0. The summed E-state index contributed by atoms with van der Waals surface area (Å²) >= 11 is 0. The lowest BCUT2D eigenvalue weighted by Gasteiger charge is -2.27. The number of aromatic nitrogens is 4. The Morgan fingerprint density at radius 2 is 2.03 bits per heavy atom. The molecule has 4 rings (SSSR count). The highest BCUT2D eigenvalue weighted by molar-refractivity contribution is 7.52. The third-order valence-electron chi connectivity index (χ3n) is 5.56. The minimum atomic E-state index is -4.53. The van der Waals surface area contributed by atoms with Crippen LogP contribution in [0.2, 0.25) is 0 Å². The molecule has 3 heterocycles. The molecule has 212 valence electrons. The number of carbonyl (C=O) groups is 1. The summed E-state index contributed by atoms with van der Waals surface area (Å²) in [5, 5.41) is 23.5. The average Bonchev–Trinajstić information content (AvgIpc) is 3.38. The number of benzene rings is 1. The second-order valence-corrected chi connectivity index (χ2v) is 10.7. The lowest BCUT2D eigenvalue weighted by molar-refractivity contribution is -0.202. The quantitative estimate of drug-likeness (QED) is 0.168. The lowest BCUT2D eigenvalue weighted by Crippen LogP contribution is -2.44. The van der Waals surface area contributed by atoms with Crippen LogP contribution in [0.15, 0.2) is 41.5 Å². The molecule has 1 aliphatic heterocycles. The van der Waals surface area contributed by atoms with Gasteiger partial charge in [0.15, 0.2) is 17.4 Å². The Balaban J connectivity index is 1.57. The van der Waals surface area contributed by atoms with Crippen LogP contribution in [-0.4, -0.2) is 72.5 Å². The van der Waals surface area contributed by atoms with Crippen molar-refractivity contribution >= 4 is 30.8 Å². The van der Waals surface area contributed by atoms with Gasteiger partial charge in [-0.2, -0.15) is 10.1 Å². The Morgan fingerprint density at radius 3 is 2.69 bits per heavy atom. The molecule has 17 heteroatoms. The van der Waals surface area contributed by atoms with Gasteiger partial charge in [0.1, 0.15) is 30.6 Å². The van der Waals surface area contributed by atoms with Gasteiger partial charge in [-0.3, -0.25) is 23.7 Å². The number of hydrogen-bond donors (Lipinski definition) is 5. The summed E-state index contributed by atoms with van der Waals surface area (Å²) in [6.45, 7) is 3.37. The number of H-pyrrole nitrogens is 1. The fourth-order valence-electron chi connectivity index (χ4n) is 3.73. The number of rotatable bonds is 10. The number of nitrogens with one attached hydrogen (secondary N) is 2. The molecule has 15 nitrogen and oxygen atoms in total. The Morgan fingerprint density at radius 1 is 1.33 bits per heavy atom. The Bertz CT molecular complexity index is 1440. The van der Waals surface area contributed by atoms with Crippen molar-refractivity contribution in [2.24, 2.45) is 0 Å². The largest absolute Gasteiger partial charge is 0.462 e. The summed E-state index contributed by atoms with van der Waals surface area (Å²) in [6.07, 6.45) is -5.17. The van der Waals surface area contributed by atoms with Gasteiger partial charge >= 0.3 is 13.7 Å². The van der Waals surface area contributed by atoms with Crippen LogP contribution in [0, 0.1) is 0 Å². The predicted molar refractivity (Wildman–Crippen MR) is 133 cm³/mol. The van der Waals surface area contributed by atoms with E-state index in [1.165, 1.54) is 19.1 Å². The summed E-state index contributed by atoms with van der Waals surface area (Å²) in [6, 6.07) is 6.53. The molecule has 1 aromatic carbocycles. The van der Waals surface area contributed by atoms with Crippen LogP contribution in [0.25, 0.3) is 11.2 Å². The van der Waals surface area contributed by atoms with E-state index in [1.807, 2.05) is 0 Å². The third kappa shape index (κ3) is 6.11. The Hall–Kier alpha value is -3.40. The molecule has 1 fully saturated rings. The minimum Gasteiger partial charge on any atom is -0.462 e. The minimum absolute atomic E-state index is 0.0650. The molecule has 0 aliphatic carbocycles. The van der Waals surface area contributed by atoms with E-state index in [0.29, 0.717) is 0 Å². The smallest absolute Gasteiger partial charge is 0.459 e. The maximum absolute atomic E-state index is 15.9. The molecule has 0 amide bonds. The van der Waals surface area contributed by atoms with Crippen LogP contribution in [0.3, 0.4) is 0 Å². The van der Waals surface area contributed by atoms with Gasteiger partial charge in [-0.1, -0.05) is 18.2 Å². The number of carbonyl (C=O) groups excluding carboxylic acids is 1. The zero-order valence-electron chi connectivity index (χ0n) is 21.1. The van der Waals surface area contributed by atoms with Gasteiger partial charge in [-0.05, 0) is 32.9 Å². The molecular formula is C22H28FN6O9P. The number of nitrogen functional groups attached to an aromatic ring is 1. The number of halogens is 1. The maximum atomic E-state index is 15.9. The van der Waals surface area contributed by atoms with Crippen molar-refractivity contribution in [2.45, 2.75) is 57.2 Å². The van der Waals surface area contributed by atoms with Crippen LogP contribution < -0.4 is 20.9 Å². The highest BCUT2D eigenvalue weighted by Crippen LogP contribution is 2.48. The van der Waals surface area contributed by atoms with Crippen LogP contribution >= 0.6 is 7.75 Å². The number of ether oxygens (including phenoxy) is 2. The van der Waals surface area contributed by atoms with Crippen molar-refractivity contribution in [1.82, 2.24) is 24.6 Å². The van der Waals surface area contributed by atoms with Crippen molar-refractivity contribution in [2.75, 3.05) is 12.3 Å². The second-order valence-electron chi connectivity index (χ2n) is 9.02. The van der Waals surface area contributed by atoms with Crippen LogP contribution in [-0.2, 0) is 23.4 Å². The van der Waals surface area contributed by atoms with E-state index in [1.54, 1.807) is 32.0 Å². The SMILES string of the molecule is CC(C)OC(=O)[C@H](C)NP(=O)(OC[C@@]1(F)O[C@@H](n2cnc3c(=O)[nH]c(N)nc32)[C@H](O)[C@@H]1O)Oc1ccccc1. The average molecular weight is 570 g/mol. The lowest BCUT2D eigenvalue weighted by atomic mass is 10.1. The molecule has 6 N–H and O–H groups in total. The van der Waals surface area contributed by atoms with Gasteiger partial charge in [0.2, 0.25) is 5.95 Å². The van der Waals surface area contributed by atoms with E-state index in [9.17, 15) is 24.4 Å². The molecule has 0 spiro atoms. The molecule has 6 atom stereocenters. The normalized spacial score (nSPS) is 25.5. The number of nitrogens with zero attached hydrogens (tertiary/aromatic N) is 3. The number of anilines is 1. The van der Waals surface area contributed by atoms with Crippen molar-refractivity contribution in [3.63, 3.8) is 0 Å². The molecule has 1 unspecified atom stereocenters. The molecule has 0 bridgehead atoms. The van der Waals surface area contributed by atoms with Gasteiger partial charge in [-0.25, -0.2) is 13.9 Å². The van der Waals surface area contributed by atoms with E-state index in [0.717, 1.165) is 10.9 Å². The zero-order chi connectivity index (χ0) is 28.5. The molecule has 2 aromatic heterocycles. The molecular weight excluding hydrogens is 542 g/mol. The summed E-state index contributed by atoms with van der Waals surface area (Å²) in [7, 11) is -4.53. The van der Waals surface area contributed by atoms with E-state index in [2.05, 4.69) is 20.0 Å². The summed E-state index contributed by atoms with van der Waals surface area (Å²) in [5.41, 5.74) is 4.57. The summed E-state index contributed by atoms with van der Waals surface area (Å²) in [5.74, 6) is -4.11. The van der Waals surface area contributed by atoms with Gasteiger partial charge in [0.05, 0.1) is 12.4 Å². The number of nitrogens with two attached hydrogens (primary N) is 1. The fourth-order valence-corrected chi connectivity index (χ4v) is 5.23. The Labute approximate surface area is 220 Å². The first-order valence-electron chi connectivity index (χ1n) is 11.7. The first-order chi connectivity index (χ1) is 18.3. The molecule has 0 saturated carbocycles. The van der Waals surface area contributed by atoms with Crippen LogP contribution in [0.4, 0.5) is 10.3 Å². The van der Waals surface area contributed by atoms with Crippen molar-refractivity contribution in [3.8, 4) is 5.75 Å². The number of para-hydroxylation sites is 1. The zero-order valence-corrected chi connectivity index (χ0v) is 21.9. The van der Waals surface area contributed by atoms with Crippen LogP contribution in [0.5, 0.6) is 5.75 Å². The van der Waals surface area contributed by atoms with E-state index in [-0.39, 0.29) is 22.9 Å². The number of aliphatic hydroxyl groups excluding tert-OH is 2. The monoisotopic (exact) mass is 570 g/mol. The first kappa shape index (κ1) is 28.6. The van der Waals surface area contributed by atoms with Crippen molar-refractivity contribution in [3.05, 3.63) is 47.0 Å².